The van der Waals surface area contributed by atoms with Crippen molar-refractivity contribution in [2.24, 2.45) is 5.92 Å². The molecule has 0 radical (unpaired) electrons. The molecule has 1 N–H and O–H groups in total. The van der Waals surface area contributed by atoms with Crippen LogP contribution in [0.25, 0.3) is 0 Å². The third kappa shape index (κ3) is 3.01. The minimum atomic E-state index is -0.0792. The zero-order chi connectivity index (χ0) is 14.7. The number of carbonyl (C=O) groups excluding carboxylic acids is 1. The van der Waals surface area contributed by atoms with Gasteiger partial charge in [-0.3, -0.25) is 10.1 Å². The van der Waals surface area contributed by atoms with Crippen LogP contribution in [0.1, 0.15) is 32.5 Å². The van der Waals surface area contributed by atoms with Crippen molar-refractivity contribution in [3.8, 4) is 0 Å². The molecule has 20 heavy (non-hydrogen) atoms. The van der Waals surface area contributed by atoms with Gasteiger partial charge >= 0.3 is 0 Å². The summed E-state index contributed by atoms with van der Waals surface area (Å²) >= 11 is 1.78. The molecule has 1 heterocycles. The quantitative estimate of drug-likeness (QED) is 0.905. The van der Waals surface area contributed by atoms with Gasteiger partial charge in [-0.2, -0.15) is 11.8 Å². The van der Waals surface area contributed by atoms with E-state index in [2.05, 4.69) is 44.5 Å². The fraction of sp³-hybridized carbons (Fsp3) is 0.562. The second-order valence-electron chi connectivity index (χ2n) is 5.75. The molecule has 3 atom stereocenters. The number of thioether (sulfide) groups is 1. The van der Waals surface area contributed by atoms with Crippen molar-refractivity contribution in [3.63, 3.8) is 0 Å². The normalized spacial score (nSPS) is 24.4. The summed E-state index contributed by atoms with van der Waals surface area (Å²) in [6.07, 6.45) is 2.08. The second kappa shape index (κ2) is 6.64. The number of rotatable bonds is 5. The summed E-state index contributed by atoms with van der Waals surface area (Å²) in [4.78, 5) is 14.7. The van der Waals surface area contributed by atoms with Crippen LogP contribution in [0.4, 0.5) is 0 Å². The highest BCUT2D eigenvalue weighted by molar-refractivity contribution is 7.98. The van der Waals surface area contributed by atoms with Crippen molar-refractivity contribution in [3.05, 3.63) is 35.9 Å². The highest BCUT2D eigenvalue weighted by atomic mass is 32.2. The van der Waals surface area contributed by atoms with E-state index in [1.807, 2.05) is 23.1 Å². The summed E-state index contributed by atoms with van der Waals surface area (Å²) in [5, 5.41) is 3.51. The number of carbonyl (C=O) groups is 1. The Labute approximate surface area is 126 Å². The van der Waals surface area contributed by atoms with Gasteiger partial charge in [0.15, 0.2) is 0 Å². The molecule has 1 fully saturated rings. The first-order valence-electron chi connectivity index (χ1n) is 7.18. The predicted octanol–water partition coefficient (Wildman–Crippen LogP) is 2.89. The van der Waals surface area contributed by atoms with E-state index >= 15 is 0 Å². The molecular formula is C16H24N2OS. The summed E-state index contributed by atoms with van der Waals surface area (Å²) in [5.74, 6) is 1.50. The number of amides is 1. The van der Waals surface area contributed by atoms with Crippen LogP contribution in [-0.2, 0) is 4.79 Å². The van der Waals surface area contributed by atoms with Gasteiger partial charge in [0.25, 0.3) is 0 Å². The molecule has 0 bridgehead atoms. The molecule has 1 aromatic carbocycles. The van der Waals surface area contributed by atoms with Crippen LogP contribution < -0.4 is 5.32 Å². The Morgan fingerprint density at radius 3 is 2.45 bits per heavy atom. The topological polar surface area (TPSA) is 32.3 Å². The van der Waals surface area contributed by atoms with Gasteiger partial charge in [0.05, 0.1) is 6.04 Å². The molecule has 1 amide bonds. The minimum Gasteiger partial charge on any atom is -0.318 e. The zero-order valence-corrected chi connectivity index (χ0v) is 13.5. The molecule has 3 unspecified atom stereocenters. The van der Waals surface area contributed by atoms with E-state index in [1.54, 1.807) is 11.8 Å². The Morgan fingerprint density at radius 1 is 1.25 bits per heavy atom. The van der Waals surface area contributed by atoms with E-state index in [-0.39, 0.29) is 24.2 Å². The summed E-state index contributed by atoms with van der Waals surface area (Å²) < 4.78 is 0. The van der Waals surface area contributed by atoms with Gasteiger partial charge in [-0.05, 0) is 24.7 Å². The van der Waals surface area contributed by atoms with Gasteiger partial charge in [0.2, 0.25) is 5.91 Å². The van der Waals surface area contributed by atoms with Crippen LogP contribution >= 0.6 is 11.8 Å². The molecule has 1 saturated heterocycles. The van der Waals surface area contributed by atoms with E-state index in [4.69, 9.17) is 0 Å². The summed E-state index contributed by atoms with van der Waals surface area (Å²) in [7, 11) is 0. The number of nitrogens with one attached hydrogen (secondary N) is 1. The van der Waals surface area contributed by atoms with Gasteiger partial charge in [-0.25, -0.2) is 0 Å². The molecule has 0 spiro atoms. The molecule has 0 saturated carbocycles. The van der Waals surface area contributed by atoms with Crippen LogP contribution in [-0.4, -0.2) is 34.9 Å². The summed E-state index contributed by atoms with van der Waals surface area (Å²) in [6.45, 7) is 6.33. The van der Waals surface area contributed by atoms with Gasteiger partial charge < -0.3 is 4.90 Å². The lowest BCUT2D eigenvalue weighted by Crippen LogP contribution is -2.40. The Bertz CT molecular complexity index is 449. The Balaban J connectivity index is 2.30. The van der Waals surface area contributed by atoms with Gasteiger partial charge in [0.1, 0.15) is 6.17 Å². The van der Waals surface area contributed by atoms with Crippen LogP contribution in [0.15, 0.2) is 30.3 Å². The SMILES string of the molecule is CSCC(C)N1C(=O)C(C(C)C)NC1c1ccccc1. The van der Waals surface area contributed by atoms with Crippen molar-refractivity contribution < 1.29 is 4.79 Å². The Kier molecular flexibility index (Phi) is 5.11. The Morgan fingerprint density at radius 2 is 1.90 bits per heavy atom. The van der Waals surface area contributed by atoms with E-state index in [9.17, 15) is 4.79 Å². The first-order valence-corrected chi connectivity index (χ1v) is 8.57. The van der Waals surface area contributed by atoms with Gasteiger partial charge in [-0.15, -0.1) is 0 Å². The number of hydrogen-bond donors (Lipinski definition) is 1. The average Bonchev–Trinajstić information content (AvgIpc) is 2.78. The molecule has 110 valence electrons. The van der Waals surface area contributed by atoms with Gasteiger partial charge in [-0.1, -0.05) is 44.2 Å². The van der Waals surface area contributed by atoms with Crippen molar-refractivity contribution in [2.45, 2.75) is 39.0 Å². The van der Waals surface area contributed by atoms with Crippen LogP contribution in [0.2, 0.25) is 0 Å². The Hall–Kier alpha value is -1.00. The molecule has 3 nitrogen and oxygen atoms in total. The molecule has 1 aliphatic rings. The predicted molar refractivity (Wildman–Crippen MR) is 85.6 cm³/mol. The lowest BCUT2D eigenvalue weighted by Gasteiger charge is -2.30. The van der Waals surface area contributed by atoms with Crippen molar-refractivity contribution in [1.29, 1.82) is 0 Å². The number of nitrogens with zero attached hydrogens (tertiary/aromatic N) is 1. The third-order valence-corrected chi connectivity index (χ3v) is 4.62. The maximum atomic E-state index is 12.7. The largest absolute Gasteiger partial charge is 0.318 e. The maximum Gasteiger partial charge on any atom is 0.241 e. The number of hydrogen-bond acceptors (Lipinski definition) is 3. The first kappa shape index (κ1) is 15.4. The zero-order valence-electron chi connectivity index (χ0n) is 12.7. The molecule has 4 heteroatoms. The van der Waals surface area contributed by atoms with Gasteiger partial charge in [0, 0.05) is 11.8 Å². The minimum absolute atomic E-state index is 0.00162. The lowest BCUT2D eigenvalue weighted by atomic mass is 10.0. The smallest absolute Gasteiger partial charge is 0.241 e. The fourth-order valence-corrected chi connectivity index (χ4v) is 3.42. The third-order valence-electron chi connectivity index (χ3n) is 3.80. The maximum absolute atomic E-state index is 12.7. The fourth-order valence-electron chi connectivity index (χ4n) is 2.77. The monoisotopic (exact) mass is 292 g/mol. The van der Waals surface area contributed by atoms with E-state index in [0.717, 1.165) is 11.3 Å². The molecule has 2 rings (SSSR count). The standard InChI is InChI=1S/C16H24N2OS/c1-11(2)14-16(19)18(12(3)10-20-4)15(17-14)13-8-6-5-7-9-13/h5-9,11-12,14-15,17H,10H2,1-4H3. The molecule has 0 aromatic heterocycles. The molecule has 1 aromatic rings. The van der Waals surface area contributed by atoms with E-state index in [1.165, 1.54) is 0 Å². The van der Waals surface area contributed by atoms with E-state index < -0.39 is 0 Å². The summed E-state index contributed by atoms with van der Waals surface area (Å²) in [5.41, 5.74) is 1.16. The van der Waals surface area contributed by atoms with E-state index in [0.29, 0.717) is 5.92 Å². The lowest BCUT2D eigenvalue weighted by molar-refractivity contribution is -0.132. The highest BCUT2D eigenvalue weighted by Crippen LogP contribution is 2.30. The first-order chi connectivity index (χ1) is 9.56. The number of benzene rings is 1. The van der Waals surface area contributed by atoms with Crippen LogP contribution in [0, 0.1) is 5.92 Å². The second-order valence-corrected chi connectivity index (χ2v) is 6.66. The molecule has 0 aliphatic carbocycles. The summed E-state index contributed by atoms with van der Waals surface area (Å²) in [6, 6.07) is 10.4. The molecule has 1 aliphatic heterocycles. The van der Waals surface area contributed by atoms with Crippen molar-refractivity contribution >= 4 is 17.7 Å². The van der Waals surface area contributed by atoms with Crippen LogP contribution in [0.3, 0.4) is 0 Å². The average molecular weight is 292 g/mol. The van der Waals surface area contributed by atoms with Crippen molar-refractivity contribution in [1.82, 2.24) is 10.2 Å². The van der Waals surface area contributed by atoms with Crippen molar-refractivity contribution in [2.75, 3.05) is 12.0 Å². The highest BCUT2D eigenvalue weighted by Gasteiger charge is 2.42. The van der Waals surface area contributed by atoms with Crippen LogP contribution in [0.5, 0.6) is 0 Å². The molecular weight excluding hydrogens is 268 g/mol.